The molecule has 0 amide bonds. The minimum absolute atomic E-state index is 0.313. The van der Waals surface area contributed by atoms with Crippen LogP contribution in [0.15, 0.2) is 0 Å². The zero-order valence-electron chi connectivity index (χ0n) is 8.45. The smallest absolute Gasteiger partial charge is 0.321 e. The lowest BCUT2D eigenvalue weighted by Crippen LogP contribution is -2.44. The summed E-state index contributed by atoms with van der Waals surface area (Å²) in [4.78, 5) is 12.4. The molecular weight excluding hydrogens is 170 g/mol. The van der Waals surface area contributed by atoms with Crippen molar-refractivity contribution in [1.29, 1.82) is 0 Å². The molecule has 0 aliphatic rings. The number of hydrogen-bond donors (Lipinski definition) is 3. The third kappa shape index (κ3) is 5.57. The topological polar surface area (TPSA) is 78.6 Å². The Labute approximate surface area is 78.9 Å². The lowest BCUT2D eigenvalue weighted by molar-refractivity contribution is -0.138. The molecule has 5 heteroatoms. The van der Waals surface area contributed by atoms with Crippen molar-refractivity contribution in [2.75, 3.05) is 27.2 Å². The van der Waals surface area contributed by atoms with Crippen molar-refractivity contribution in [3.63, 3.8) is 0 Å². The van der Waals surface area contributed by atoms with Crippen LogP contribution in [0, 0.1) is 0 Å². The third-order valence-electron chi connectivity index (χ3n) is 2.00. The molecule has 2 unspecified atom stereocenters. The Morgan fingerprint density at radius 2 is 2.08 bits per heavy atom. The highest BCUT2D eigenvalue weighted by molar-refractivity contribution is 5.73. The van der Waals surface area contributed by atoms with E-state index in [1.165, 1.54) is 0 Å². The maximum absolute atomic E-state index is 10.3. The van der Waals surface area contributed by atoms with Crippen LogP contribution in [-0.4, -0.2) is 55.2 Å². The average Bonchev–Trinajstić information content (AvgIpc) is 2.03. The predicted octanol–water partition coefficient (Wildman–Crippen LogP) is -1.06. The Morgan fingerprint density at radius 3 is 2.46 bits per heavy atom. The Hall–Kier alpha value is -0.650. The second kappa shape index (κ2) is 5.90. The first-order valence-corrected chi connectivity index (χ1v) is 4.30. The van der Waals surface area contributed by atoms with Gasteiger partial charge in [-0.15, -0.1) is 0 Å². The van der Waals surface area contributed by atoms with Crippen molar-refractivity contribution in [3.8, 4) is 0 Å². The fraction of sp³-hybridized carbons (Fsp3) is 0.875. The van der Waals surface area contributed by atoms with Gasteiger partial charge < -0.3 is 21.1 Å². The highest BCUT2D eigenvalue weighted by Crippen LogP contribution is 1.88. The summed E-state index contributed by atoms with van der Waals surface area (Å²) in [5, 5.41) is 11.5. The number of rotatable bonds is 6. The van der Waals surface area contributed by atoms with Gasteiger partial charge in [0, 0.05) is 19.1 Å². The molecule has 0 rings (SSSR count). The van der Waals surface area contributed by atoms with Gasteiger partial charge in [-0.25, -0.2) is 0 Å². The van der Waals surface area contributed by atoms with E-state index in [2.05, 4.69) is 17.1 Å². The summed E-state index contributed by atoms with van der Waals surface area (Å²) in [6.07, 6.45) is 0. The number of carbonyl (C=O) groups is 1. The van der Waals surface area contributed by atoms with Crippen molar-refractivity contribution in [3.05, 3.63) is 0 Å². The maximum atomic E-state index is 10.3. The molecule has 78 valence electrons. The molecular formula is C8H19N3O2. The van der Waals surface area contributed by atoms with Crippen molar-refractivity contribution >= 4 is 5.97 Å². The highest BCUT2D eigenvalue weighted by Gasteiger charge is 2.11. The summed E-state index contributed by atoms with van der Waals surface area (Å²) in [7, 11) is 3.95. The van der Waals surface area contributed by atoms with Crippen molar-refractivity contribution in [1.82, 2.24) is 10.2 Å². The van der Waals surface area contributed by atoms with Crippen molar-refractivity contribution < 1.29 is 9.90 Å². The monoisotopic (exact) mass is 189 g/mol. The quantitative estimate of drug-likeness (QED) is 0.496. The van der Waals surface area contributed by atoms with Gasteiger partial charge >= 0.3 is 5.97 Å². The molecule has 4 N–H and O–H groups in total. The molecule has 0 aromatic carbocycles. The first kappa shape index (κ1) is 12.3. The van der Waals surface area contributed by atoms with E-state index in [-0.39, 0.29) is 0 Å². The van der Waals surface area contributed by atoms with E-state index in [0.29, 0.717) is 12.6 Å². The molecule has 0 saturated carbocycles. The molecule has 2 atom stereocenters. The summed E-state index contributed by atoms with van der Waals surface area (Å²) < 4.78 is 0. The molecule has 0 spiro atoms. The number of carboxylic acids is 1. The third-order valence-corrected chi connectivity index (χ3v) is 2.00. The average molecular weight is 189 g/mol. The standard InChI is InChI=1S/C8H19N3O2/c1-6(11(2)3)4-10-5-7(9)8(12)13/h6-7,10H,4-5,9H2,1-3H3,(H,12,13). The minimum Gasteiger partial charge on any atom is -0.480 e. The van der Waals surface area contributed by atoms with Gasteiger partial charge in [-0.2, -0.15) is 0 Å². The van der Waals surface area contributed by atoms with E-state index < -0.39 is 12.0 Å². The molecule has 5 nitrogen and oxygen atoms in total. The van der Waals surface area contributed by atoms with E-state index >= 15 is 0 Å². The van der Waals surface area contributed by atoms with Crippen molar-refractivity contribution in [2.45, 2.75) is 19.0 Å². The Morgan fingerprint density at radius 1 is 1.54 bits per heavy atom. The number of nitrogens with one attached hydrogen (secondary N) is 1. The second-order valence-corrected chi connectivity index (χ2v) is 3.42. The van der Waals surface area contributed by atoms with Crippen LogP contribution in [0.5, 0.6) is 0 Å². The molecule has 0 aromatic rings. The molecule has 0 saturated heterocycles. The largest absolute Gasteiger partial charge is 0.480 e. The summed E-state index contributed by atoms with van der Waals surface area (Å²) in [6, 6.07) is -0.435. The van der Waals surface area contributed by atoms with Gasteiger partial charge in [0.25, 0.3) is 0 Å². The van der Waals surface area contributed by atoms with Crippen LogP contribution < -0.4 is 11.1 Å². The summed E-state index contributed by atoms with van der Waals surface area (Å²) in [6.45, 7) is 3.11. The van der Waals surface area contributed by atoms with Crippen LogP contribution in [-0.2, 0) is 4.79 Å². The minimum atomic E-state index is -0.968. The molecule has 0 heterocycles. The van der Waals surface area contributed by atoms with Crippen LogP contribution in [0.2, 0.25) is 0 Å². The zero-order chi connectivity index (χ0) is 10.4. The van der Waals surface area contributed by atoms with Crippen LogP contribution in [0.4, 0.5) is 0 Å². The normalized spacial score (nSPS) is 15.8. The Kier molecular flexibility index (Phi) is 5.61. The summed E-state index contributed by atoms with van der Waals surface area (Å²) >= 11 is 0. The van der Waals surface area contributed by atoms with Crippen LogP contribution in [0.1, 0.15) is 6.92 Å². The molecule has 0 bridgehead atoms. The number of carboxylic acid groups (broad SMARTS) is 1. The SMILES string of the molecule is CC(CNCC(N)C(=O)O)N(C)C. The Bertz CT molecular complexity index is 161. The lowest BCUT2D eigenvalue weighted by atomic mass is 10.3. The van der Waals surface area contributed by atoms with Gasteiger partial charge in [0.05, 0.1) is 0 Å². The molecule has 0 radical (unpaired) electrons. The van der Waals surface area contributed by atoms with E-state index in [0.717, 1.165) is 6.54 Å². The molecule has 13 heavy (non-hydrogen) atoms. The van der Waals surface area contributed by atoms with Gasteiger partial charge in [0.1, 0.15) is 6.04 Å². The maximum Gasteiger partial charge on any atom is 0.321 e. The number of nitrogens with two attached hydrogens (primary N) is 1. The zero-order valence-corrected chi connectivity index (χ0v) is 8.45. The summed E-state index contributed by atoms with van der Waals surface area (Å²) in [5.74, 6) is -0.968. The van der Waals surface area contributed by atoms with E-state index in [4.69, 9.17) is 10.8 Å². The second-order valence-electron chi connectivity index (χ2n) is 3.42. The predicted molar refractivity (Wildman–Crippen MR) is 51.6 cm³/mol. The fourth-order valence-electron chi connectivity index (χ4n) is 0.718. The first-order chi connectivity index (χ1) is 5.95. The van der Waals surface area contributed by atoms with Gasteiger partial charge in [-0.05, 0) is 21.0 Å². The fourth-order valence-corrected chi connectivity index (χ4v) is 0.718. The first-order valence-electron chi connectivity index (χ1n) is 4.30. The molecule has 0 fully saturated rings. The number of hydrogen-bond acceptors (Lipinski definition) is 4. The molecule has 0 aliphatic heterocycles. The van der Waals surface area contributed by atoms with Crippen LogP contribution >= 0.6 is 0 Å². The van der Waals surface area contributed by atoms with E-state index in [1.807, 2.05) is 14.1 Å². The number of aliphatic carboxylic acids is 1. The van der Waals surface area contributed by atoms with Gasteiger partial charge in [-0.3, -0.25) is 4.79 Å². The highest BCUT2D eigenvalue weighted by atomic mass is 16.4. The van der Waals surface area contributed by atoms with Gasteiger partial charge in [0.15, 0.2) is 0 Å². The molecule has 0 aromatic heterocycles. The van der Waals surface area contributed by atoms with Crippen molar-refractivity contribution in [2.24, 2.45) is 5.73 Å². The van der Waals surface area contributed by atoms with Gasteiger partial charge in [-0.1, -0.05) is 0 Å². The lowest BCUT2D eigenvalue weighted by Gasteiger charge is -2.20. The van der Waals surface area contributed by atoms with E-state index in [9.17, 15) is 4.79 Å². The van der Waals surface area contributed by atoms with Gasteiger partial charge in [0.2, 0.25) is 0 Å². The Balaban J connectivity index is 3.50. The van der Waals surface area contributed by atoms with Crippen LogP contribution in [0.3, 0.4) is 0 Å². The summed E-state index contributed by atoms with van der Waals surface area (Å²) in [5.41, 5.74) is 5.30. The molecule has 0 aliphatic carbocycles. The van der Waals surface area contributed by atoms with Crippen LogP contribution in [0.25, 0.3) is 0 Å². The number of nitrogens with zero attached hydrogens (tertiary/aromatic N) is 1. The number of likely N-dealkylation sites (N-methyl/N-ethyl adjacent to an activating group) is 1. The van der Waals surface area contributed by atoms with E-state index in [1.54, 1.807) is 0 Å².